The lowest BCUT2D eigenvalue weighted by Gasteiger charge is -2.34. The molecular weight excluding hydrogens is 288 g/mol. The summed E-state index contributed by atoms with van der Waals surface area (Å²) in [6, 6.07) is 0. The number of ether oxygens (including phenoxy) is 4. The minimum absolute atomic E-state index is 0.0591. The second-order valence-corrected chi connectivity index (χ2v) is 4.79. The average molecular weight is 308 g/mol. The molecule has 2 rings (SSSR count). The van der Waals surface area contributed by atoms with Gasteiger partial charge < -0.3 is 29.2 Å². The van der Waals surface area contributed by atoms with Crippen molar-refractivity contribution in [2.24, 2.45) is 0 Å². The van der Waals surface area contributed by atoms with E-state index in [4.69, 9.17) is 18.9 Å². The molecule has 120 valence electrons. The first-order chi connectivity index (χ1) is 10.5. The molecule has 0 aliphatic heterocycles. The Balaban J connectivity index is 2.57. The summed E-state index contributed by atoms with van der Waals surface area (Å²) < 4.78 is 21.3. The van der Waals surface area contributed by atoms with E-state index in [1.54, 1.807) is 18.2 Å². The van der Waals surface area contributed by atoms with Gasteiger partial charge >= 0.3 is 0 Å². The maximum absolute atomic E-state index is 10.2. The molecule has 0 fully saturated rings. The van der Waals surface area contributed by atoms with E-state index < -0.39 is 11.6 Å². The van der Waals surface area contributed by atoms with Gasteiger partial charge in [0.05, 0.1) is 0 Å². The number of rotatable bonds is 4. The molecule has 2 aliphatic rings. The molecule has 0 spiro atoms. The van der Waals surface area contributed by atoms with E-state index in [-0.39, 0.29) is 11.5 Å². The number of aliphatic hydroxyl groups is 2. The minimum Gasteiger partial charge on any atom is -0.508 e. The summed E-state index contributed by atoms with van der Waals surface area (Å²) in [5.74, 6) is -2.53. The van der Waals surface area contributed by atoms with E-state index in [0.717, 1.165) is 0 Å². The van der Waals surface area contributed by atoms with Gasteiger partial charge in [-0.05, 0) is 36.0 Å². The molecule has 0 radical (unpaired) electrons. The van der Waals surface area contributed by atoms with Crippen molar-refractivity contribution in [3.05, 3.63) is 59.1 Å². The van der Waals surface area contributed by atoms with Gasteiger partial charge in [-0.2, -0.15) is 0 Å². The van der Waals surface area contributed by atoms with Gasteiger partial charge in [0.15, 0.2) is 5.76 Å². The van der Waals surface area contributed by atoms with E-state index >= 15 is 0 Å². The predicted molar refractivity (Wildman–Crippen MR) is 80.2 cm³/mol. The first kappa shape index (κ1) is 16.5. The fourth-order valence-electron chi connectivity index (χ4n) is 2.48. The van der Waals surface area contributed by atoms with Gasteiger partial charge in [-0.3, -0.25) is 0 Å². The van der Waals surface area contributed by atoms with Crippen LogP contribution in [0.2, 0.25) is 0 Å². The summed E-state index contributed by atoms with van der Waals surface area (Å²) in [4.78, 5) is 0. The van der Waals surface area contributed by atoms with Crippen LogP contribution < -0.4 is 0 Å². The van der Waals surface area contributed by atoms with Crippen LogP contribution in [0, 0.1) is 0 Å². The minimum atomic E-state index is -1.32. The number of aliphatic hydroxyl groups excluding tert-OH is 2. The van der Waals surface area contributed by atoms with Crippen molar-refractivity contribution in [3.8, 4) is 0 Å². The van der Waals surface area contributed by atoms with Crippen LogP contribution in [0.3, 0.4) is 0 Å². The van der Waals surface area contributed by atoms with Gasteiger partial charge in [0.25, 0.3) is 0 Å². The van der Waals surface area contributed by atoms with Gasteiger partial charge in [-0.1, -0.05) is 6.08 Å². The van der Waals surface area contributed by atoms with Gasteiger partial charge in [0.1, 0.15) is 5.76 Å². The third kappa shape index (κ3) is 2.50. The molecule has 2 aliphatic carbocycles. The highest BCUT2D eigenvalue weighted by Gasteiger charge is 2.38. The second kappa shape index (κ2) is 6.10. The van der Waals surface area contributed by atoms with E-state index in [9.17, 15) is 10.2 Å². The Bertz CT molecular complexity index is 586. The Morgan fingerprint density at radius 1 is 0.773 bits per heavy atom. The summed E-state index contributed by atoms with van der Waals surface area (Å²) in [5, 5.41) is 20.0. The summed E-state index contributed by atoms with van der Waals surface area (Å²) >= 11 is 0. The lowest BCUT2D eigenvalue weighted by molar-refractivity contribution is -0.162. The van der Waals surface area contributed by atoms with Crippen molar-refractivity contribution in [1.82, 2.24) is 0 Å². The summed E-state index contributed by atoms with van der Waals surface area (Å²) in [6.07, 6.45) is 9.36. The lowest BCUT2D eigenvalue weighted by atomic mass is 9.90. The molecule has 6 nitrogen and oxygen atoms in total. The summed E-state index contributed by atoms with van der Waals surface area (Å²) in [7, 11) is 5.85. The van der Waals surface area contributed by atoms with Crippen molar-refractivity contribution in [3.63, 3.8) is 0 Å². The molecule has 22 heavy (non-hydrogen) atoms. The van der Waals surface area contributed by atoms with Gasteiger partial charge in [-0.25, -0.2) is 0 Å². The van der Waals surface area contributed by atoms with Gasteiger partial charge in [0.2, 0.25) is 11.6 Å². The third-order valence-corrected chi connectivity index (χ3v) is 3.80. The van der Waals surface area contributed by atoms with Crippen molar-refractivity contribution < 1.29 is 29.2 Å². The number of hydrogen-bond acceptors (Lipinski definition) is 6. The number of hydrogen-bond donors (Lipinski definition) is 2. The zero-order valence-electron chi connectivity index (χ0n) is 13.0. The molecule has 0 atom stereocenters. The van der Waals surface area contributed by atoms with Gasteiger partial charge in [-0.15, -0.1) is 0 Å². The Kier molecular flexibility index (Phi) is 4.58. The van der Waals surface area contributed by atoms with Crippen LogP contribution in [0.15, 0.2) is 59.1 Å². The summed E-state index contributed by atoms with van der Waals surface area (Å²) in [5.41, 5.74) is 1.14. The van der Waals surface area contributed by atoms with Crippen molar-refractivity contribution in [2.75, 3.05) is 28.4 Å². The molecule has 6 heteroatoms. The van der Waals surface area contributed by atoms with Crippen LogP contribution in [0.4, 0.5) is 0 Å². The van der Waals surface area contributed by atoms with Crippen molar-refractivity contribution in [2.45, 2.75) is 11.6 Å². The number of methoxy groups -OCH3 is 4. The molecule has 0 bridgehead atoms. The van der Waals surface area contributed by atoms with Crippen LogP contribution in [-0.4, -0.2) is 50.2 Å². The SMILES string of the molecule is COC1(OC)C=C/C(=C2\C=C(O)C=CC2(OC)OC)C=C1O. The molecule has 0 aromatic heterocycles. The first-order valence-corrected chi connectivity index (χ1v) is 6.62. The zero-order valence-corrected chi connectivity index (χ0v) is 13.0. The molecular formula is C16H20O6. The van der Waals surface area contributed by atoms with Crippen molar-refractivity contribution in [1.29, 1.82) is 0 Å². The maximum Gasteiger partial charge on any atom is 0.247 e. The highest BCUT2D eigenvalue weighted by Crippen LogP contribution is 2.36. The monoisotopic (exact) mass is 308 g/mol. The maximum atomic E-state index is 10.2. The predicted octanol–water partition coefficient (Wildman–Crippen LogP) is 2.28. The van der Waals surface area contributed by atoms with Crippen LogP contribution >= 0.6 is 0 Å². The fourth-order valence-corrected chi connectivity index (χ4v) is 2.48. The van der Waals surface area contributed by atoms with E-state index in [1.807, 2.05) is 0 Å². The van der Waals surface area contributed by atoms with Crippen LogP contribution in [0.1, 0.15) is 0 Å². The van der Waals surface area contributed by atoms with Crippen molar-refractivity contribution >= 4 is 0 Å². The van der Waals surface area contributed by atoms with Crippen LogP contribution in [0.25, 0.3) is 0 Å². The highest BCUT2D eigenvalue weighted by atomic mass is 16.7. The smallest absolute Gasteiger partial charge is 0.247 e. The average Bonchev–Trinajstić information content (AvgIpc) is 2.55. The lowest BCUT2D eigenvalue weighted by Crippen LogP contribution is -2.37. The topological polar surface area (TPSA) is 77.4 Å². The summed E-state index contributed by atoms with van der Waals surface area (Å²) in [6.45, 7) is 0. The van der Waals surface area contributed by atoms with Gasteiger partial charge in [0, 0.05) is 34.0 Å². The fraction of sp³-hybridized carbons (Fsp3) is 0.375. The molecule has 0 saturated carbocycles. The van der Waals surface area contributed by atoms with E-state index in [1.165, 1.54) is 46.7 Å². The Hall–Kier alpha value is -1.86. The van der Waals surface area contributed by atoms with E-state index in [0.29, 0.717) is 11.1 Å². The molecule has 0 unspecified atom stereocenters. The molecule has 0 aromatic carbocycles. The van der Waals surface area contributed by atoms with Crippen LogP contribution in [0.5, 0.6) is 0 Å². The normalized spacial score (nSPS) is 25.8. The largest absolute Gasteiger partial charge is 0.508 e. The zero-order chi connectivity index (χ0) is 16.4. The first-order valence-electron chi connectivity index (χ1n) is 6.62. The highest BCUT2D eigenvalue weighted by molar-refractivity contribution is 5.53. The molecule has 2 N–H and O–H groups in total. The number of allylic oxidation sites excluding steroid dienone is 4. The Morgan fingerprint density at radius 2 is 1.32 bits per heavy atom. The molecule has 0 saturated heterocycles. The molecule has 0 aromatic rings. The molecule has 0 heterocycles. The molecule has 0 amide bonds. The Morgan fingerprint density at radius 3 is 1.82 bits per heavy atom. The standard InChI is InChI=1S/C16H20O6/c1-19-15(20-2)8-6-12(17)10-13(15)11-5-7-16(21-3,22-4)14(18)9-11/h5-10,17-18H,1-4H3/b13-11-. The second-order valence-electron chi connectivity index (χ2n) is 4.79. The van der Waals surface area contributed by atoms with E-state index in [2.05, 4.69) is 0 Å². The van der Waals surface area contributed by atoms with Crippen LogP contribution in [-0.2, 0) is 18.9 Å². The quantitative estimate of drug-likeness (QED) is 0.776. The third-order valence-electron chi connectivity index (χ3n) is 3.80. The Labute approximate surface area is 129 Å².